The average Bonchev–Trinajstić information content (AvgIpc) is 3.38. The van der Waals surface area contributed by atoms with Crippen LogP contribution in [0.5, 0.6) is 0 Å². The SMILES string of the molecule is CCn1cc(NC(=O)c2cc(-c3cn(C)nc3C)nc3ccccc23)c(C(=O)NCC(C)C)n1. The Morgan fingerprint density at radius 3 is 2.53 bits per heavy atom. The largest absolute Gasteiger partial charge is 0.350 e. The van der Waals surface area contributed by atoms with Gasteiger partial charge in [0.05, 0.1) is 28.2 Å². The van der Waals surface area contributed by atoms with Crippen molar-refractivity contribution in [1.82, 2.24) is 29.9 Å². The second-order valence-electron chi connectivity index (χ2n) is 8.68. The quantitative estimate of drug-likeness (QED) is 0.437. The predicted molar refractivity (Wildman–Crippen MR) is 132 cm³/mol. The summed E-state index contributed by atoms with van der Waals surface area (Å²) in [5.41, 5.74) is 4.06. The van der Waals surface area contributed by atoms with Crippen molar-refractivity contribution in [3.05, 3.63) is 59.7 Å². The molecule has 0 saturated carbocycles. The maximum absolute atomic E-state index is 13.5. The van der Waals surface area contributed by atoms with Crippen LogP contribution in [0.1, 0.15) is 47.3 Å². The Labute approximate surface area is 198 Å². The highest BCUT2D eigenvalue weighted by Crippen LogP contribution is 2.27. The van der Waals surface area contributed by atoms with Crippen molar-refractivity contribution in [2.45, 2.75) is 34.2 Å². The molecule has 4 aromatic rings. The lowest BCUT2D eigenvalue weighted by Crippen LogP contribution is -2.28. The zero-order valence-corrected chi connectivity index (χ0v) is 20.1. The molecular weight excluding hydrogens is 430 g/mol. The lowest BCUT2D eigenvalue weighted by Gasteiger charge is -2.11. The molecule has 0 radical (unpaired) electrons. The molecule has 0 saturated heterocycles. The number of benzene rings is 1. The van der Waals surface area contributed by atoms with Crippen LogP contribution in [-0.2, 0) is 13.6 Å². The number of anilines is 1. The van der Waals surface area contributed by atoms with Gasteiger partial charge in [-0.1, -0.05) is 32.0 Å². The van der Waals surface area contributed by atoms with Crippen molar-refractivity contribution in [1.29, 1.82) is 0 Å². The van der Waals surface area contributed by atoms with Gasteiger partial charge in [-0.05, 0) is 31.9 Å². The first-order valence-electron chi connectivity index (χ1n) is 11.3. The molecule has 1 aromatic carbocycles. The van der Waals surface area contributed by atoms with Gasteiger partial charge in [0.15, 0.2) is 5.69 Å². The topological polar surface area (TPSA) is 107 Å². The van der Waals surface area contributed by atoms with Gasteiger partial charge in [-0.15, -0.1) is 0 Å². The highest BCUT2D eigenvalue weighted by atomic mass is 16.2. The molecule has 9 nitrogen and oxygen atoms in total. The third-order valence-corrected chi connectivity index (χ3v) is 5.47. The van der Waals surface area contributed by atoms with Crippen molar-refractivity contribution in [2.75, 3.05) is 11.9 Å². The molecule has 0 unspecified atom stereocenters. The first kappa shape index (κ1) is 23.2. The number of hydrogen-bond donors (Lipinski definition) is 2. The summed E-state index contributed by atoms with van der Waals surface area (Å²) in [6, 6.07) is 9.27. The number of fused-ring (bicyclic) bond motifs is 1. The number of aromatic nitrogens is 5. The normalized spacial score (nSPS) is 11.2. The zero-order chi connectivity index (χ0) is 24.4. The lowest BCUT2D eigenvalue weighted by molar-refractivity contribution is 0.0944. The summed E-state index contributed by atoms with van der Waals surface area (Å²) >= 11 is 0. The minimum Gasteiger partial charge on any atom is -0.350 e. The number of amides is 2. The molecular formula is C25H29N7O2. The maximum Gasteiger partial charge on any atom is 0.273 e. The van der Waals surface area contributed by atoms with E-state index in [-0.39, 0.29) is 17.5 Å². The van der Waals surface area contributed by atoms with Gasteiger partial charge in [-0.3, -0.25) is 19.0 Å². The van der Waals surface area contributed by atoms with E-state index in [4.69, 9.17) is 4.98 Å². The fraction of sp³-hybridized carbons (Fsp3) is 0.320. The third-order valence-electron chi connectivity index (χ3n) is 5.47. The van der Waals surface area contributed by atoms with E-state index < -0.39 is 0 Å². The fourth-order valence-corrected chi connectivity index (χ4v) is 3.77. The molecule has 34 heavy (non-hydrogen) atoms. The predicted octanol–water partition coefficient (Wildman–Crippen LogP) is 3.80. The molecule has 0 aliphatic rings. The van der Waals surface area contributed by atoms with Crippen molar-refractivity contribution in [3.63, 3.8) is 0 Å². The van der Waals surface area contributed by atoms with Gasteiger partial charge in [0.2, 0.25) is 0 Å². The van der Waals surface area contributed by atoms with E-state index in [0.29, 0.717) is 41.5 Å². The number of carbonyl (C=O) groups excluding carboxylic acids is 2. The molecule has 4 rings (SSSR count). The van der Waals surface area contributed by atoms with E-state index in [2.05, 4.69) is 20.8 Å². The molecule has 0 atom stereocenters. The van der Waals surface area contributed by atoms with Crippen LogP contribution < -0.4 is 10.6 Å². The summed E-state index contributed by atoms with van der Waals surface area (Å²) in [4.78, 5) is 31.0. The van der Waals surface area contributed by atoms with E-state index in [1.54, 1.807) is 21.6 Å². The summed E-state index contributed by atoms with van der Waals surface area (Å²) in [7, 11) is 1.85. The van der Waals surface area contributed by atoms with Gasteiger partial charge >= 0.3 is 0 Å². The summed E-state index contributed by atoms with van der Waals surface area (Å²) in [5, 5.41) is 15.3. The highest BCUT2D eigenvalue weighted by Gasteiger charge is 2.21. The van der Waals surface area contributed by atoms with E-state index in [9.17, 15) is 9.59 Å². The zero-order valence-electron chi connectivity index (χ0n) is 20.1. The van der Waals surface area contributed by atoms with Crippen LogP contribution in [0, 0.1) is 12.8 Å². The summed E-state index contributed by atoms with van der Waals surface area (Å²) in [6.45, 7) is 8.96. The molecule has 0 fully saturated rings. The van der Waals surface area contributed by atoms with E-state index in [1.807, 2.05) is 65.2 Å². The molecule has 9 heteroatoms. The summed E-state index contributed by atoms with van der Waals surface area (Å²) in [5.74, 6) is -0.356. The van der Waals surface area contributed by atoms with Gasteiger partial charge in [0, 0.05) is 43.5 Å². The Balaban J connectivity index is 1.73. The molecule has 176 valence electrons. The standard InChI is InChI=1S/C25H29N7O2/c1-6-32-14-22(23(30-32)25(34)26-12-15(2)3)28-24(33)18-11-21(19-13-31(5)29-16(19)4)27-20-10-8-7-9-17(18)20/h7-11,13-15H,6,12H2,1-5H3,(H,26,34)(H,28,33). The van der Waals surface area contributed by atoms with Crippen molar-refractivity contribution >= 4 is 28.4 Å². The summed E-state index contributed by atoms with van der Waals surface area (Å²) in [6.07, 6.45) is 3.56. The van der Waals surface area contributed by atoms with Crippen LogP contribution in [0.2, 0.25) is 0 Å². The van der Waals surface area contributed by atoms with Crippen molar-refractivity contribution < 1.29 is 9.59 Å². The number of para-hydroxylation sites is 1. The molecule has 0 aliphatic heterocycles. The second-order valence-corrected chi connectivity index (χ2v) is 8.68. The molecule has 2 N–H and O–H groups in total. The van der Waals surface area contributed by atoms with E-state index in [0.717, 1.165) is 16.6 Å². The summed E-state index contributed by atoms with van der Waals surface area (Å²) < 4.78 is 3.36. The Morgan fingerprint density at radius 2 is 1.85 bits per heavy atom. The molecule has 3 aromatic heterocycles. The van der Waals surface area contributed by atoms with Crippen LogP contribution in [0.3, 0.4) is 0 Å². The molecule has 2 amide bonds. The maximum atomic E-state index is 13.5. The highest BCUT2D eigenvalue weighted by molar-refractivity contribution is 6.14. The monoisotopic (exact) mass is 459 g/mol. The second kappa shape index (κ2) is 9.46. The number of nitrogens with zero attached hydrogens (tertiary/aromatic N) is 5. The van der Waals surface area contributed by atoms with Gasteiger partial charge in [-0.25, -0.2) is 4.98 Å². The van der Waals surface area contributed by atoms with Crippen LogP contribution in [-0.4, -0.2) is 42.9 Å². The van der Waals surface area contributed by atoms with E-state index in [1.165, 1.54) is 0 Å². The first-order valence-corrected chi connectivity index (χ1v) is 11.3. The Hall–Kier alpha value is -4.01. The number of rotatable bonds is 7. The van der Waals surface area contributed by atoms with Crippen molar-refractivity contribution in [2.24, 2.45) is 13.0 Å². The van der Waals surface area contributed by atoms with Crippen LogP contribution >= 0.6 is 0 Å². The number of carbonyl (C=O) groups is 2. The van der Waals surface area contributed by atoms with Crippen molar-refractivity contribution in [3.8, 4) is 11.3 Å². The van der Waals surface area contributed by atoms with Crippen LogP contribution in [0.4, 0.5) is 5.69 Å². The fourth-order valence-electron chi connectivity index (χ4n) is 3.77. The van der Waals surface area contributed by atoms with E-state index >= 15 is 0 Å². The van der Waals surface area contributed by atoms with Gasteiger partial charge in [0.1, 0.15) is 0 Å². The molecule has 0 aliphatic carbocycles. The van der Waals surface area contributed by atoms with Gasteiger partial charge in [0.25, 0.3) is 11.8 Å². The Bertz CT molecular complexity index is 1370. The number of hydrogen-bond acceptors (Lipinski definition) is 5. The Morgan fingerprint density at radius 1 is 1.09 bits per heavy atom. The van der Waals surface area contributed by atoms with Gasteiger partial charge in [-0.2, -0.15) is 10.2 Å². The number of pyridine rings is 1. The molecule has 0 spiro atoms. The number of nitrogens with one attached hydrogen (secondary N) is 2. The smallest absolute Gasteiger partial charge is 0.273 e. The third kappa shape index (κ3) is 4.68. The molecule has 3 heterocycles. The van der Waals surface area contributed by atoms with Gasteiger partial charge < -0.3 is 10.6 Å². The Kier molecular flexibility index (Phi) is 6.45. The number of aryl methyl sites for hydroxylation is 3. The van der Waals surface area contributed by atoms with Crippen LogP contribution in [0.15, 0.2) is 42.7 Å². The lowest BCUT2D eigenvalue weighted by atomic mass is 10.0. The molecule has 0 bridgehead atoms. The van der Waals surface area contributed by atoms with Crippen LogP contribution in [0.25, 0.3) is 22.2 Å². The minimum atomic E-state index is -0.338. The average molecular weight is 460 g/mol. The minimum absolute atomic E-state index is 0.192. The first-order chi connectivity index (χ1) is 16.3.